The van der Waals surface area contributed by atoms with E-state index in [1.165, 1.54) is 18.2 Å². The molecule has 0 fully saturated rings. The van der Waals surface area contributed by atoms with E-state index in [1.807, 2.05) is 0 Å². The van der Waals surface area contributed by atoms with Crippen molar-refractivity contribution in [3.8, 4) is 0 Å². The largest absolute Gasteiger partial charge is 0.534 e. The molecule has 0 aromatic heterocycles. The Hall–Kier alpha value is -1.02. The van der Waals surface area contributed by atoms with Crippen LogP contribution in [0.3, 0.4) is 0 Å². The molecule has 0 spiro atoms. The molecule has 0 saturated heterocycles. The smallest absolute Gasteiger partial charge is 0.376 e. The van der Waals surface area contributed by atoms with Gasteiger partial charge in [0.15, 0.2) is 0 Å². The second-order valence-electron chi connectivity index (χ2n) is 2.92. The lowest BCUT2D eigenvalue weighted by molar-refractivity contribution is -0.0509. The van der Waals surface area contributed by atoms with Crippen LogP contribution in [0.2, 0.25) is 0 Å². The molecule has 3 nitrogen and oxygen atoms in total. The van der Waals surface area contributed by atoms with E-state index in [-0.39, 0.29) is 5.56 Å². The van der Waals surface area contributed by atoms with Crippen LogP contribution in [-0.2, 0) is 14.3 Å². The van der Waals surface area contributed by atoms with Crippen molar-refractivity contribution in [1.82, 2.24) is 0 Å². The number of rotatable bonds is 3. The van der Waals surface area contributed by atoms with Gasteiger partial charge in [-0.15, -0.1) is 0 Å². The standard InChI is InChI=1S/C9H6BrF3O3S/c1-6(7-3-2-4-8(10)5-7)16-17(14,15)9(11,12)13/h2-5H,1H2. The number of hydrogen-bond acceptors (Lipinski definition) is 3. The van der Waals surface area contributed by atoms with Crippen molar-refractivity contribution in [2.24, 2.45) is 0 Å². The van der Waals surface area contributed by atoms with Crippen LogP contribution in [0.4, 0.5) is 13.2 Å². The Labute approximate surface area is 104 Å². The molecule has 0 heterocycles. The number of hydrogen-bond donors (Lipinski definition) is 0. The molecule has 17 heavy (non-hydrogen) atoms. The van der Waals surface area contributed by atoms with Gasteiger partial charge in [-0.2, -0.15) is 21.6 Å². The first-order valence-electron chi connectivity index (χ1n) is 4.09. The minimum Gasteiger partial charge on any atom is -0.376 e. The Morgan fingerprint density at radius 3 is 2.41 bits per heavy atom. The highest BCUT2D eigenvalue weighted by atomic mass is 79.9. The zero-order chi connectivity index (χ0) is 13.3. The molecule has 0 unspecified atom stereocenters. The molecule has 1 aromatic rings. The average molecular weight is 331 g/mol. The topological polar surface area (TPSA) is 43.4 Å². The van der Waals surface area contributed by atoms with Crippen molar-refractivity contribution < 1.29 is 25.8 Å². The zero-order valence-electron chi connectivity index (χ0n) is 8.16. The third kappa shape index (κ3) is 3.47. The van der Waals surface area contributed by atoms with Gasteiger partial charge in [0.1, 0.15) is 5.76 Å². The van der Waals surface area contributed by atoms with Crippen LogP contribution in [0, 0.1) is 0 Å². The van der Waals surface area contributed by atoms with Crippen LogP contribution >= 0.6 is 15.9 Å². The maximum absolute atomic E-state index is 12.0. The maximum atomic E-state index is 12.0. The summed E-state index contributed by atoms with van der Waals surface area (Å²) < 4.78 is 61.9. The zero-order valence-corrected chi connectivity index (χ0v) is 10.6. The molecule has 0 N–H and O–H groups in total. The van der Waals surface area contributed by atoms with E-state index in [1.54, 1.807) is 6.07 Å². The molecule has 0 atom stereocenters. The fraction of sp³-hybridized carbons (Fsp3) is 0.111. The maximum Gasteiger partial charge on any atom is 0.534 e. The summed E-state index contributed by atoms with van der Waals surface area (Å²) in [6.45, 7) is 3.14. The van der Waals surface area contributed by atoms with Crippen LogP contribution in [0.15, 0.2) is 35.3 Å². The van der Waals surface area contributed by atoms with Crippen LogP contribution in [0.5, 0.6) is 0 Å². The van der Waals surface area contributed by atoms with Crippen LogP contribution in [0.25, 0.3) is 5.76 Å². The van der Waals surface area contributed by atoms with E-state index in [4.69, 9.17) is 0 Å². The van der Waals surface area contributed by atoms with Crippen LogP contribution < -0.4 is 0 Å². The Bertz CT molecular complexity index is 537. The predicted molar refractivity (Wildman–Crippen MR) is 59.2 cm³/mol. The monoisotopic (exact) mass is 330 g/mol. The van der Waals surface area contributed by atoms with Crippen molar-refractivity contribution in [2.45, 2.75) is 5.51 Å². The van der Waals surface area contributed by atoms with Crippen molar-refractivity contribution in [2.75, 3.05) is 0 Å². The molecule has 0 aliphatic rings. The molecule has 0 radical (unpaired) electrons. The van der Waals surface area contributed by atoms with Gasteiger partial charge in [-0.25, -0.2) is 0 Å². The summed E-state index contributed by atoms with van der Waals surface area (Å²) in [4.78, 5) is 0. The van der Waals surface area contributed by atoms with Gasteiger partial charge in [-0.3, -0.25) is 0 Å². The summed E-state index contributed by atoms with van der Waals surface area (Å²) in [6, 6.07) is 5.89. The van der Waals surface area contributed by atoms with Gasteiger partial charge in [0.25, 0.3) is 0 Å². The fourth-order valence-electron chi connectivity index (χ4n) is 0.890. The van der Waals surface area contributed by atoms with E-state index in [2.05, 4.69) is 26.7 Å². The van der Waals surface area contributed by atoms with E-state index in [9.17, 15) is 21.6 Å². The van der Waals surface area contributed by atoms with Crippen molar-refractivity contribution >= 4 is 31.8 Å². The second kappa shape index (κ2) is 4.69. The van der Waals surface area contributed by atoms with Crippen LogP contribution in [0.1, 0.15) is 5.56 Å². The first-order chi connectivity index (χ1) is 7.63. The third-order valence-electron chi connectivity index (χ3n) is 1.64. The number of halogens is 4. The van der Waals surface area contributed by atoms with Crippen molar-refractivity contribution in [3.63, 3.8) is 0 Å². The summed E-state index contributed by atoms with van der Waals surface area (Å²) in [7, 11) is -5.67. The van der Waals surface area contributed by atoms with Crippen molar-refractivity contribution in [1.29, 1.82) is 0 Å². The Balaban J connectivity index is 2.96. The lowest BCUT2D eigenvalue weighted by Gasteiger charge is -2.11. The van der Waals surface area contributed by atoms with Gasteiger partial charge in [0.05, 0.1) is 0 Å². The minimum atomic E-state index is -5.67. The van der Waals surface area contributed by atoms with Gasteiger partial charge < -0.3 is 4.18 Å². The van der Waals surface area contributed by atoms with Gasteiger partial charge >= 0.3 is 15.6 Å². The minimum absolute atomic E-state index is 0.132. The van der Waals surface area contributed by atoms with E-state index in [0.717, 1.165) is 0 Å². The molecule has 0 aliphatic carbocycles. The Morgan fingerprint density at radius 2 is 1.94 bits per heavy atom. The molecule has 94 valence electrons. The summed E-state index contributed by atoms with van der Waals surface area (Å²) in [5, 5.41) is 0. The van der Waals surface area contributed by atoms with E-state index >= 15 is 0 Å². The summed E-state index contributed by atoms with van der Waals surface area (Å²) in [5.74, 6) is -0.594. The molecule has 8 heteroatoms. The van der Waals surface area contributed by atoms with Gasteiger partial charge in [-0.1, -0.05) is 34.6 Å². The molecular formula is C9H6BrF3O3S. The highest BCUT2D eigenvalue weighted by Crippen LogP contribution is 2.29. The molecule has 1 rings (SSSR count). The number of benzene rings is 1. The van der Waals surface area contributed by atoms with Gasteiger partial charge in [-0.05, 0) is 12.1 Å². The summed E-state index contributed by atoms with van der Waals surface area (Å²) in [5.41, 5.74) is -5.34. The SMILES string of the molecule is C=C(OS(=O)(=O)C(F)(F)F)c1cccc(Br)c1. The van der Waals surface area contributed by atoms with E-state index in [0.29, 0.717) is 4.47 Å². The number of alkyl halides is 3. The normalized spacial score (nSPS) is 12.2. The molecular weight excluding hydrogens is 325 g/mol. The second-order valence-corrected chi connectivity index (χ2v) is 5.37. The van der Waals surface area contributed by atoms with Gasteiger partial charge in [0, 0.05) is 10.0 Å². The molecule has 0 saturated carbocycles. The van der Waals surface area contributed by atoms with Crippen molar-refractivity contribution in [3.05, 3.63) is 40.9 Å². The molecule has 1 aromatic carbocycles. The summed E-state index contributed by atoms with van der Waals surface area (Å²) >= 11 is 3.08. The first kappa shape index (κ1) is 14.0. The average Bonchev–Trinajstić information content (AvgIpc) is 2.15. The lowest BCUT2D eigenvalue weighted by Crippen LogP contribution is -2.24. The predicted octanol–water partition coefficient (Wildman–Crippen LogP) is 3.29. The highest BCUT2D eigenvalue weighted by Gasteiger charge is 2.48. The molecule has 0 bridgehead atoms. The third-order valence-corrected chi connectivity index (χ3v) is 3.12. The molecule has 0 aliphatic heterocycles. The lowest BCUT2D eigenvalue weighted by atomic mass is 10.2. The summed E-state index contributed by atoms with van der Waals surface area (Å²) in [6.07, 6.45) is 0. The highest BCUT2D eigenvalue weighted by molar-refractivity contribution is 9.10. The quantitative estimate of drug-likeness (QED) is 0.485. The Morgan fingerprint density at radius 1 is 1.35 bits per heavy atom. The first-order valence-corrected chi connectivity index (χ1v) is 6.29. The molecule has 0 amide bonds. The van der Waals surface area contributed by atoms with Crippen LogP contribution in [-0.4, -0.2) is 13.9 Å². The fourth-order valence-corrected chi connectivity index (χ4v) is 1.74. The Kier molecular flexibility index (Phi) is 3.88. The van der Waals surface area contributed by atoms with Gasteiger partial charge in [0.2, 0.25) is 0 Å². The van der Waals surface area contributed by atoms with E-state index < -0.39 is 21.4 Å².